The molecular weight excluding hydrogens is 678 g/mol. The molecular formula is C40H46ClN7O4. The second-order valence-electron chi connectivity index (χ2n) is 12.8. The van der Waals surface area contributed by atoms with Crippen molar-refractivity contribution in [3.8, 4) is 39.7 Å². The van der Waals surface area contributed by atoms with Gasteiger partial charge in [0.2, 0.25) is 0 Å². The van der Waals surface area contributed by atoms with Gasteiger partial charge in [-0.25, -0.2) is 9.59 Å². The predicted octanol–water partition coefficient (Wildman–Crippen LogP) is 0.914. The van der Waals surface area contributed by atoms with Crippen LogP contribution in [-0.4, -0.2) is 53.8 Å². The third-order valence-electron chi connectivity index (χ3n) is 8.66. The number of nitrogens with two attached hydrogens (primary N) is 2. The Labute approximate surface area is 311 Å². The summed E-state index contributed by atoms with van der Waals surface area (Å²) in [4.78, 5) is 23.7. The quantitative estimate of drug-likeness (QED) is 0.168. The third kappa shape index (κ3) is 11.0. The molecule has 4 N–H and O–H groups in total. The second-order valence-corrected chi connectivity index (χ2v) is 12.8. The van der Waals surface area contributed by atoms with Crippen LogP contribution in [0.25, 0.3) is 33.6 Å². The van der Waals surface area contributed by atoms with Gasteiger partial charge in [0, 0.05) is 28.8 Å². The maximum absolute atomic E-state index is 11.9. The number of carbonyl (C=O) groups excluding carboxylic acids is 2. The number of benzene rings is 4. The Kier molecular flexibility index (Phi) is 16.1. The van der Waals surface area contributed by atoms with Crippen LogP contribution in [0.1, 0.15) is 44.4 Å². The number of ether oxygens (including phenoxy) is 2. The summed E-state index contributed by atoms with van der Waals surface area (Å²) < 4.78 is 9.76. The molecule has 0 saturated carbocycles. The number of methoxy groups -OCH3 is 2. The van der Waals surface area contributed by atoms with Crippen LogP contribution in [0, 0.1) is 23.2 Å². The Balaban J connectivity index is 0.000000277. The van der Waals surface area contributed by atoms with Gasteiger partial charge < -0.3 is 37.6 Å². The molecule has 12 heteroatoms. The fourth-order valence-electron chi connectivity index (χ4n) is 5.73. The summed E-state index contributed by atoms with van der Waals surface area (Å²) in [7, 11) is 2.85. The van der Waals surface area contributed by atoms with E-state index in [0.717, 1.165) is 38.9 Å². The SMILES string of the molecule is COC(=O)[C@@H]([NH2+]Cc1ccc(-c2ccccc2-c2nnn[n-]2)cc1)C(C)C.COC(=O)[C@@H]([NH2+]Cc1ccc(-c2ccccc2C#N)cc1)C(C)C.[Cl-]. The topological polar surface area (TPSA) is 162 Å². The van der Waals surface area contributed by atoms with E-state index >= 15 is 0 Å². The number of halogens is 1. The molecule has 0 radical (unpaired) electrons. The number of hydrogen-bond donors (Lipinski definition) is 2. The van der Waals surface area contributed by atoms with Gasteiger partial charge in [-0.3, -0.25) is 10.3 Å². The first-order chi connectivity index (χ1) is 24.7. The molecule has 1 heterocycles. The summed E-state index contributed by atoms with van der Waals surface area (Å²) in [5, 5.41) is 28.3. The van der Waals surface area contributed by atoms with Gasteiger partial charge in [0.05, 0.1) is 25.9 Å². The molecule has 4 aromatic carbocycles. The van der Waals surface area contributed by atoms with Crippen molar-refractivity contribution in [2.45, 2.75) is 52.9 Å². The molecule has 0 spiro atoms. The summed E-state index contributed by atoms with van der Waals surface area (Å²) in [5.74, 6) is 0.549. The predicted molar refractivity (Wildman–Crippen MR) is 193 cm³/mol. The van der Waals surface area contributed by atoms with Gasteiger partial charge in [-0.05, 0) is 33.9 Å². The summed E-state index contributed by atoms with van der Waals surface area (Å²) in [6.45, 7) is 9.48. The Bertz CT molecular complexity index is 1890. The fourth-order valence-corrected chi connectivity index (χ4v) is 5.73. The number of nitrogens with zero attached hydrogens (tertiary/aromatic N) is 5. The average Bonchev–Trinajstić information content (AvgIpc) is 3.70. The van der Waals surface area contributed by atoms with Gasteiger partial charge in [0.25, 0.3) is 0 Å². The van der Waals surface area contributed by atoms with Crippen molar-refractivity contribution in [1.82, 2.24) is 20.6 Å². The molecule has 0 fully saturated rings. The second kappa shape index (κ2) is 20.4. The molecule has 0 saturated heterocycles. The van der Waals surface area contributed by atoms with E-state index in [0.29, 0.717) is 24.5 Å². The third-order valence-corrected chi connectivity index (χ3v) is 8.66. The molecule has 0 bridgehead atoms. The van der Waals surface area contributed by atoms with E-state index in [2.05, 4.69) is 51.0 Å². The Morgan fingerprint density at radius 3 is 1.56 bits per heavy atom. The highest BCUT2D eigenvalue weighted by Crippen LogP contribution is 2.29. The molecule has 0 aliphatic carbocycles. The van der Waals surface area contributed by atoms with Crippen molar-refractivity contribution in [2.24, 2.45) is 11.8 Å². The maximum Gasteiger partial charge on any atom is 0.364 e. The molecule has 11 nitrogen and oxygen atoms in total. The summed E-state index contributed by atoms with van der Waals surface area (Å²) in [6.07, 6.45) is 0. The van der Waals surface area contributed by atoms with E-state index in [1.165, 1.54) is 14.2 Å². The first kappa shape index (κ1) is 41.0. The largest absolute Gasteiger partial charge is 1.00 e. The van der Waals surface area contributed by atoms with Gasteiger partial charge in [0.15, 0.2) is 12.1 Å². The zero-order valence-electron chi connectivity index (χ0n) is 30.4. The Morgan fingerprint density at radius 1 is 0.692 bits per heavy atom. The number of rotatable bonds is 13. The minimum absolute atomic E-state index is 0. The summed E-state index contributed by atoms with van der Waals surface area (Å²) in [6, 6.07) is 33.7. The molecule has 1 aromatic heterocycles. The molecule has 52 heavy (non-hydrogen) atoms. The molecule has 0 amide bonds. The van der Waals surface area contributed by atoms with Gasteiger partial charge in [0.1, 0.15) is 13.1 Å². The van der Waals surface area contributed by atoms with E-state index in [1.54, 1.807) is 0 Å². The molecule has 0 unspecified atom stereocenters. The van der Waals surface area contributed by atoms with Crippen molar-refractivity contribution in [2.75, 3.05) is 14.2 Å². The van der Waals surface area contributed by atoms with Crippen LogP contribution >= 0.6 is 0 Å². The summed E-state index contributed by atoms with van der Waals surface area (Å²) in [5.41, 5.74) is 7.87. The van der Waals surface area contributed by atoms with Crippen molar-refractivity contribution < 1.29 is 42.1 Å². The van der Waals surface area contributed by atoms with Crippen LogP contribution in [0.3, 0.4) is 0 Å². The number of carbonyl (C=O) groups is 2. The van der Waals surface area contributed by atoms with E-state index in [4.69, 9.17) is 9.47 Å². The van der Waals surface area contributed by atoms with Crippen LogP contribution in [-0.2, 0) is 32.2 Å². The first-order valence-corrected chi connectivity index (χ1v) is 16.9. The van der Waals surface area contributed by atoms with E-state index in [9.17, 15) is 14.9 Å². The van der Waals surface area contributed by atoms with Crippen LogP contribution in [0.2, 0.25) is 0 Å². The lowest BCUT2D eigenvalue weighted by atomic mass is 9.98. The number of tetrazole rings is 1. The zero-order valence-corrected chi connectivity index (χ0v) is 31.1. The fraction of sp³-hybridized carbons (Fsp3) is 0.300. The standard InChI is InChI=1S/C20H22N5O2.C20H22N2O2.ClH/c1-13(2)18(20(26)27-3)21-12-14-8-10-15(11-9-14)16-6-4-5-7-17(16)19-22-24-25-23-19;1-14(2)19(20(23)24-3)22-13-15-8-10-16(11-9-15)18-7-5-4-6-17(18)12-21;/h4-11,13,18,21H,12H2,1-3H3;4-11,14,19,22H,13H2,1-3H3;1H/q-1;;/p+1/t18-;19-;/m00./s1. The van der Waals surface area contributed by atoms with Crippen molar-refractivity contribution in [1.29, 1.82) is 5.26 Å². The number of quaternary nitrogens is 2. The van der Waals surface area contributed by atoms with Gasteiger partial charge >= 0.3 is 11.9 Å². The minimum atomic E-state index is -0.204. The molecule has 2 atom stereocenters. The monoisotopic (exact) mass is 723 g/mol. The van der Waals surface area contributed by atoms with Crippen molar-refractivity contribution in [3.05, 3.63) is 114 Å². The molecule has 272 valence electrons. The minimum Gasteiger partial charge on any atom is -1.00 e. The van der Waals surface area contributed by atoms with E-state index < -0.39 is 0 Å². The highest BCUT2D eigenvalue weighted by atomic mass is 35.5. The molecule has 5 rings (SSSR count). The molecule has 5 aromatic rings. The average molecular weight is 724 g/mol. The number of aromatic nitrogens is 4. The van der Waals surface area contributed by atoms with Gasteiger partial charge in [-0.15, -0.1) is 0 Å². The molecule has 0 aliphatic rings. The van der Waals surface area contributed by atoms with Crippen LogP contribution in [0.5, 0.6) is 0 Å². The summed E-state index contributed by atoms with van der Waals surface area (Å²) >= 11 is 0. The lowest BCUT2D eigenvalue weighted by molar-refractivity contribution is -0.698. The van der Waals surface area contributed by atoms with Crippen LogP contribution < -0.4 is 28.1 Å². The smallest absolute Gasteiger partial charge is 0.364 e. The number of hydrogen-bond acceptors (Lipinski definition) is 8. The van der Waals surface area contributed by atoms with Crippen molar-refractivity contribution in [3.63, 3.8) is 0 Å². The Hall–Kier alpha value is -5.41. The Morgan fingerprint density at radius 2 is 1.13 bits per heavy atom. The number of esters is 2. The lowest BCUT2D eigenvalue weighted by Gasteiger charge is -2.16. The zero-order chi connectivity index (χ0) is 36.8. The van der Waals surface area contributed by atoms with Crippen molar-refractivity contribution >= 4 is 11.9 Å². The van der Waals surface area contributed by atoms with E-state index in [-0.39, 0.29) is 48.3 Å². The normalized spacial score (nSPS) is 11.8. The maximum atomic E-state index is 11.9. The first-order valence-electron chi connectivity index (χ1n) is 16.9. The molecule has 0 aliphatic heterocycles. The highest BCUT2D eigenvalue weighted by Gasteiger charge is 2.27. The van der Waals surface area contributed by atoms with Crippen LogP contribution in [0.4, 0.5) is 0 Å². The van der Waals surface area contributed by atoms with E-state index in [1.807, 2.05) is 111 Å². The van der Waals surface area contributed by atoms with Gasteiger partial charge in [-0.1, -0.05) is 119 Å². The highest BCUT2D eigenvalue weighted by molar-refractivity contribution is 5.80. The number of nitriles is 1. The lowest BCUT2D eigenvalue weighted by Crippen LogP contribution is -3.00. The van der Waals surface area contributed by atoms with Crippen LogP contribution in [0.15, 0.2) is 97.1 Å². The van der Waals surface area contributed by atoms with Gasteiger partial charge in [-0.2, -0.15) is 10.5 Å².